The van der Waals surface area contributed by atoms with E-state index in [1.54, 1.807) is 6.07 Å². The molecule has 3 nitrogen and oxygen atoms in total. The van der Waals surface area contributed by atoms with Crippen molar-refractivity contribution >= 4 is 23.2 Å². The monoisotopic (exact) mass is 256 g/mol. The Morgan fingerprint density at radius 3 is 2.41 bits per heavy atom. The molecule has 88 valence electrons. The number of rotatable bonds is 1. The summed E-state index contributed by atoms with van der Waals surface area (Å²) < 4.78 is 27.2. The van der Waals surface area contributed by atoms with Crippen molar-refractivity contribution in [2.24, 2.45) is 0 Å². The van der Waals surface area contributed by atoms with E-state index < -0.39 is 28.6 Å². The number of nitrogens with zero attached hydrogens (tertiary/aromatic N) is 2. The number of halogens is 3. The summed E-state index contributed by atoms with van der Waals surface area (Å²) in [5, 5.41) is 8.10. The van der Waals surface area contributed by atoms with Crippen LogP contribution in [0.5, 0.6) is 0 Å². The van der Waals surface area contributed by atoms with E-state index in [1.165, 1.54) is 0 Å². The van der Waals surface area contributed by atoms with Crippen LogP contribution in [0.3, 0.4) is 0 Å². The fourth-order valence-electron chi connectivity index (χ4n) is 1.77. The molecule has 1 aliphatic heterocycles. The van der Waals surface area contributed by atoms with Crippen molar-refractivity contribution in [3.8, 4) is 6.07 Å². The minimum absolute atomic E-state index is 0.0560. The average Bonchev–Trinajstić information content (AvgIpc) is 2.57. The molecule has 6 heteroatoms. The summed E-state index contributed by atoms with van der Waals surface area (Å²) in [5.74, 6) is -2.28. The molecule has 1 aromatic rings. The smallest absolute Gasteiger partial charge is 0.228 e. The zero-order valence-electron chi connectivity index (χ0n) is 8.58. The molecule has 0 bridgehead atoms. The first-order valence-electron chi connectivity index (χ1n) is 4.86. The van der Waals surface area contributed by atoms with E-state index >= 15 is 0 Å². The maximum absolute atomic E-state index is 13.6. The topological polar surface area (TPSA) is 44.1 Å². The number of amides is 1. The first kappa shape index (κ1) is 11.8. The van der Waals surface area contributed by atoms with Gasteiger partial charge in [0, 0.05) is 13.0 Å². The highest BCUT2D eigenvalue weighted by Gasteiger charge is 2.32. The molecule has 1 unspecified atom stereocenters. The standard InChI is InChI=1S/C11H7ClF2N2O/c12-7-3-10(17)16(5-7)11-8(13)1-6(4-15)2-9(11)14/h1-2,7H,3,5H2. The summed E-state index contributed by atoms with van der Waals surface area (Å²) in [7, 11) is 0. The Kier molecular flexibility index (Phi) is 2.99. The Hall–Kier alpha value is -1.67. The van der Waals surface area contributed by atoms with Crippen molar-refractivity contribution in [3.63, 3.8) is 0 Å². The Balaban J connectivity index is 2.47. The van der Waals surface area contributed by atoms with Crippen LogP contribution in [0, 0.1) is 23.0 Å². The molecule has 1 atom stereocenters. The van der Waals surface area contributed by atoms with Gasteiger partial charge in [0.1, 0.15) is 5.69 Å². The summed E-state index contributed by atoms with van der Waals surface area (Å²) in [4.78, 5) is 12.5. The third-order valence-corrected chi connectivity index (χ3v) is 2.79. The Morgan fingerprint density at radius 1 is 1.41 bits per heavy atom. The lowest BCUT2D eigenvalue weighted by Gasteiger charge is -2.17. The quantitative estimate of drug-likeness (QED) is 0.723. The molecule has 0 saturated carbocycles. The average molecular weight is 257 g/mol. The van der Waals surface area contributed by atoms with Gasteiger partial charge < -0.3 is 4.90 Å². The van der Waals surface area contributed by atoms with Crippen LogP contribution < -0.4 is 4.90 Å². The van der Waals surface area contributed by atoms with Gasteiger partial charge in [0.25, 0.3) is 0 Å². The largest absolute Gasteiger partial charge is 0.306 e. The fourth-order valence-corrected chi connectivity index (χ4v) is 2.04. The molecule has 17 heavy (non-hydrogen) atoms. The molecule has 1 aliphatic rings. The van der Waals surface area contributed by atoms with Crippen LogP contribution in [-0.2, 0) is 4.79 Å². The van der Waals surface area contributed by atoms with E-state index in [-0.39, 0.29) is 18.5 Å². The highest BCUT2D eigenvalue weighted by molar-refractivity contribution is 6.24. The second-order valence-corrected chi connectivity index (χ2v) is 4.32. The summed E-state index contributed by atoms with van der Waals surface area (Å²) >= 11 is 5.76. The number of carbonyl (C=O) groups excluding carboxylic acids is 1. The maximum atomic E-state index is 13.6. The summed E-state index contributed by atoms with van der Waals surface area (Å²) in [6.07, 6.45) is 0.0560. The Morgan fingerprint density at radius 2 is 2.00 bits per heavy atom. The molecule has 2 rings (SSSR count). The number of hydrogen-bond acceptors (Lipinski definition) is 2. The van der Waals surface area contributed by atoms with Gasteiger partial charge in [-0.2, -0.15) is 5.26 Å². The van der Waals surface area contributed by atoms with E-state index in [9.17, 15) is 13.6 Å². The highest BCUT2D eigenvalue weighted by atomic mass is 35.5. The minimum Gasteiger partial charge on any atom is -0.306 e. The number of carbonyl (C=O) groups is 1. The second-order valence-electron chi connectivity index (χ2n) is 3.71. The van der Waals surface area contributed by atoms with Crippen molar-refractivity contribution in [2.45, 2.75) is 11.8 Å². The number of anilines is 1. The van der Waals surface area contributed by atoms with Crippen LogP contribution >= 0.6 is 11.6 Å². The predicted octanol–water partition coefficient (Wildman–Crippen LogP) is 2.18. The molecule has 1 saturated heterocycles. The minimum atomic E-state index is -0.930. The van der Waals surface area contributed by atoms with E-state index in [0.717, 1.165) is 17.0 Å². The summed E-state index contributed by atoms with van der Waals surface area (Å²) in [6.45, 7) is 0.0696. The third-order valence-electron chi connectivity index (χ3n) is 2.49. The molecule has 1 amide bonds. The lowest BCUT2D eigenvalue weighted by molar-refractivity contribution is -0.117. The first-order valence-corrected chi connectivity index (χ1v) is 5.30. The number of alkyl halides is 1. The predicted molar refractivity (Wildman–Crippen MR) is 57.7 cm³/mol. The lowest BCUT2D eigenvalue weighted by Crippen LogP contribution is -2.26. The molecule has 0 spiro atoms. The van der Waals surface area contributed by atoms with Gasteiger partial charge in [0.05, 0.1) is 17.0 Å². The van der Waals surface area contributed by atoms with Crippen LogP contribution in [0.15, 0.2) is 12.1 Å². The molecule has 1 heterocycles. The van der Waals surface area contributed by atoms with Gasteiger partial charge in [-0.1, -0.05) is 0 Å². The van der Waals surface area contributed by atoms with Crippen LogP contribution in [0.1, 0.15) is 12.0 Å². The van der Waals surface area contributed by atoms with Crippen LogP contribution in [0.2, 0.25) is 0 Å². The highest BCUT2D eigenvalue weighted by Crippen LogP contribution is 2.30. The van der Waals surface area contributed by atoms with Crippen LogP contribution in [-0.4, -0.2) is 17.8 Å². The Bertz CT molecular complexity index is 504. The van der Waals surface area contributed by atoms with Crippen LogP contribution in [0.4, 0.5) is 14.5 Å². The molecule has 0 radical (unpaired) electrons. The van der Waals surface area contributed by atoms with Crippen molar-refractivity contribution in [1.82, 2.24) is 0 Å². The number of benzene rings is 1. The second kappa shape index (κ2) is 4.30. The first-order chi connectivity index (χ1) is 8.02. The molecular formula is C11H7ClF2N2O. The lowest BCUT2D eigenvalue weighted by atomic mass is 10.2. The van der Waals surface area contributed by atoms with E-state index in [0.29, 0.717) is 0 Å². The van der Waals surface area contributed by atoms with E-state index in [2.05, 4.69) is 0 Å². The van der Waals surface area contributed by atoms with Gasteiger partial charge in [-0.15, -0.1) is 11.6 Å². The van der Waals surface area contributed by atoms with Gasteiger partial charge in [0.2, 0.25) is 5.91 Å². The number of hydrogen-bond donors (Lipinski definition) is 0. The summed E-state index contributed by atoms with van der Waals surface area (Å²) in [6, 6.07) is 3.43. The van der Waals surface area contributed by atoms with Gasteiger partial charge in [0.15, 0.2) is 11.6 Å². The van der Waals surface area contributed by atoms with Gasteiger partial charge in [-0.05, 0) is 12.1 Å². The zero-order chi connectivity index (χ0) is 12.6. The van der Waals surface area contributed by atoms with Crippen molar-refractivity contribution in [1.29, 1.82) is 5.26 Å². The molecular weight excluding hydrogens is 250 g/mol. The summed E-state index contributed by atoms with van der Waals surface area (Å²) in [5.41, 5.74) is -0.560. The van der Waals surface area contributed by atoms with Crippen LogP contribution in [0.25, 0.3) is 0 Å². The number of nitriles is 1. The van der Waals surface area contributed by atoms with Gasteiger partial charge >= 0.3 is 0 Å². The van der Waals surface area contributed by atoms with Gasteiger partial charge in [-0.25, -0.2) is 8.78 Å². The van der Waals surface area contributed by atoms with Crippen molar-refractivity contribution in [3.05, 3.63) is 29.3 Å². The molecule has 1 aromatic carbocycles. The maximum Gasteiger partial charge on any atom is 0.228 e. The SMILES string of the molecule is N#Cc1cc(F)c(N2CC(Cl)CC2=O)c(F)c1. The zero-order valence-corrected chi connectivity index (χ0v) is 9.34. The molecule has 1 fully saturated rings. The Labute approximate surface area is 101 Å². The molecule has 0 N–H and O–H groups in total. The fraction of sp³-hybridized carbons (Fsp3) is 0.273. The van der Waals surface area contributed by atoms with Crippen molar-refractivity contribution < 1.29 is 13.6 Å². The van der Waals surface area contributed by atoms with E-state index in [1.807, 2.05) is 0 Å². The molecule has 0 aromatic heterocycles. The third kappa shape index (κ3) is 2.08. The van der Waals surface area contributed by atoms with E-state index in [4.69, 9.17) is 16.9 Å². The van der Waals surface area contributed by atoms with Gasteiger partial charge in [-0.3, -0.25) is 4.79 Å². The normalized spacial score (nSPS) is 19.5. The molecule has 0 aliphatic carbocycles. The van der Waals surface area contributed by atoms with Crippen molar-refractivity contribution in [2.75, 3.05) is 11.4 Å².